The van der Waals surface area contributed by atoms with Gasteiger partial charge in [-0.15, -0.1) is 0 Å². The van der Waals surface area contributed by atoms with Gasteiger partial charge >= 0.3 is 0 Å². The van der Waals surface area contributed by atoms with Crippen molar-refractivity contribution < 1.29 is 13.2 Å². The van der Waals surface area contributed by atoms with Gasteiger partial charge in [-0.2, -0.15) is 0 Å². The van der Waals surface area contributed by atoms with E-state index in [1.165, 1.54) is 4.90 Å². The average molecular weight is 391 g/mol. The van der Waals surface area contributed by atoms with Crippen LogP contribution in [0.1, 0.15) is 23.6 Å². The summed E-state index contributed by atoms with van der Waals surface area (Å²) in [7, 11) is -3.39. The Hall–Kier alpha value is -2.18. The molecule has 0 fully saturated rings. The van der Waals surface area contributed by atoms with Crippen LogP contribution in [-0.4, -0.2) is 38.2 Å². The Balaban J connectivity index is 2.20. The van der Waals surface area contributed by atoms with Crippen LogP contribution in [0, 0.1) is 6.92 Å². The number of benzodiazepines with no additional fused rings is 1. The Kier molecular flexibility index (Phi) is 5.16. The first-order valence-corrected chi connectivity index (χ1v) is 10.4. The predicted octanol–water partition coefficient (Wildman–Crippen LogP) is 3.22. The van der Waals surface area contributed by atoms with Gasteiger partial charge in [-0.1, -0.05) is 42.8 Å². The molecule has 5 nitrogen and oxygen atoms in total. The molecule has 0 atom stereocenters. The van der Waals surface area contributed by atoms with Crippen molar-refractivity contribution in [1.29, 1.82) is 0 Å². The first-order chi connectivity index (χ1) is 12.3. The number of fused-ring (bicyclic) bond motifs is 1. The zero-order valence-corrected chi connectivity index (χ0v) is 16.1. The molecule has 0 radical (unpaired) electrons. The lowest BCUT2D eigenvalue weighted by molar-refractivity contribution is -0.117. The van der Waals surface area contributed by atoms with Crippen LogP contribution in [0.5, 0.6) is 0 Å². The summed E-state index contributed by atoms with van der Waals surface area (Å²) in [6, 6.07) is 12.8. The molecule has 26 heavy (non-hydrogen) atoms. The van der Waals surface area contributed by atoms with Gasteiger partial charge in [0.1, 0.15) is 12.4 Å². The lowest BCUT2D eigenvalue weighted by Crippen LogP contribution is -2.37. The smallest absolute Gasteiger partial charge is 0.249 e. The van der Waals surface area contributed by atoms with Crippen LogP contribution in [-0.2, 0) is 14.6 Å². The molecule has 0 aliphatic carbocycles. The van der Waals surface area contributed by atoms with Crippen molar-refractivity contribution in [1.82, 2.24) is 0 Å². The Morgan fingerprint density at radius 3 is 2.58 bits per heavy atom. The highest BCUT2D eigenvalue weighted by atomic mass is 35.5. The van der Waals surface area contributed by atoms with Crippen molar-refractivity contribution in [3.8, 4) is 0 Å². The molecular weight excluding hydrogens is 372 g/mol. The molecular formula is C19H19ClN2O3S. The number of hydrogen-bond donors (Lipinski definition) is 0. The molecule has 2 aromatic rings. The molecule has 1 heterocycles. The largest absolute Gasteiger partial charge is 0.295 e. The van der Waals surface area contributed by atoms with Gasteiger partial charge in [0.05, 0.1) is 11.4 Å². The number of hydrogen-bond acceptors (Lipinski definition) is 4. The third-order valence-electron chi connectivity index (χ3n) is 4.34. The Labute approximate surface area is 158 Å². The molecule has 1 amide bonds. The van der Waals surface area contributed by atoms with Crippen LogP contribution in [0.15, 0.2) is 47.5 Å². The van der Waals surface area contributed by atoms with Crippen LogP contribution in [0.4, 0.5) is 5.69 Å². The van der Waals surface area contributed by atoms with Crippen molar-refractivity contribution in [2.24, 2.45) is 4.99 Å². The zero-order valence-electron chi connectivity index (χ0n) is 14.6. The number of aliphatic imine (C=N–C) groups is 1. The number of halogens is 1. The fourth-order valence-corrected chi connectivity index (χ4v) is 3.91. The minimum atomic E-state index is -3.39. The molecule has 2 aromatic carbocycles. The molecule has 0 saturated heterocycles. The first kappa shape index (κ1) is 18.6. The van der Waals surface area contributed by atoms with Crippen LogP contribution >= 0.6 is 11.6 Å². The van der Waals surface area contributed by atoms with Gasteiger partial charge in [0, 0.05) is 21.9 Å². The summed E-state index contributed by atoms with van der Waals surface area (Å²) >= 11 is 6.19. The maximum atomic E-state index is 12.6. The third-order valence-corrected chi connectivity index (χ3v) is 6.11. The number of aryl methyl sites for hydroxylation is 1. The number of benzene rings is 2. The predicted molar refractivity (Wildman–Crippen MR) is 105 cm³/mol. The van der Waals surface area contributed by atoms with Crippen molar-refractivity contribution in [3.63, 3.8) is 0 Å². The molecule has 1 aliphatic rings. The van der Waals surface area contributed by atoms with Crippen LogP contribution < -0.4 is 4.90 Å². The standard InChI is InChI=1S/C19H19ClN2O3S/c1-3-26(24,25)12-22-17-9-8-14(20)10-16(17)19(21-11-18(22)23)15-7-5-4-6-13(15)2/h4-10H,3,11-12H2,1-2H3. The Morgan fingerprint density at radius 1 is 1.15 bits per heavy atom. The van der Waals surface area contributed by atoms with E-state index in [1.54, 1.807) is 25.1 Å². The first-order valence-electron chi connectivity index (χ1n) is 8.23. The summed E-state index contributed by atoms with van der Waals surface area (Å²) in [5, 5.41) is 0.498. The van der Waals surface area contributed by atoms with Crippen molar-refractivity contribution in [3.05, 3.63) is 64.2 Å². The van der Waals surface area contributed by atoms with Gasteiger partial charge < -0.3 is 0 Å². The van der Waals surface area contributed by atoms with Gasteiger partial charge in [-0.25, -0.2) is 8.42 Å². The molecule has 0 N–H and O–H groups in total. The number of rotatable bonds is 4. The molecule has 3 rings (SSSR count). The summed E-state index contributed by atoms with van der Waals surface area (Å²) in [6.45, 7) is 3.42. The maximum absolute atomic E-state index is 12.6. The summed E-state index contributed by atoms with van der Waals surface area (Å²) in [5.74, 6) is -0.757. The second-order valence-electron chi connectivity index (χ2n) is 6.12. The molecule has 0 unspecified atom stereocenters. The maximum Gasteiger partial charge on any atom is 0.249 e. The van der Waals surface area contributed by atoms with E-state index in [1.807, 2.05) is 31.2 Å². The highest BCUT2D eigenvalue weighted by Gasteiger charge is 2.28. The van der Waals surface area contributed by atoms with Gasteiger partial charge in [0.15, 0.2) is 9.84 Å². The SMILES string of the molecule is CCS(=O)(=O)CN1C(=O)CN=C(c2ccccc2C)c2cc(Cl)ccc21. The fraction of sp³-hybridized carbons (Fsp3) is 0.263. The molecule has 7 heteroatoms. The van der Waals surface area contributed by atoms with Crippen LogP contribution in [0.2, 0.25) is 5.02 Å². The van der Waals surface area contributed by atoms with Gasteiger partial charge in [0.2, 0.25) is 5.91 Å². The number of anilines is 1. The summed E-state index contributed by atoms with van der Waals surface area (Å²) in [5.41, 5.74) is 3.72. The number of carbonyl (C=O) groups excluding carboxylic acids is 1. The highest BCUT2D eigenvalue weighted by Crippen LogP contribution is 2.30. The topological polar surface area (TPSA) is 66.8 Å². The highest BCUT2D eigenvalue weighted by molar-refractivity contribution is 7.91. The van der Waals surface area contributed by atoms with E-state index in [9.17, 15) is 13.2 Å². The van der Waals surface area contributed by atoms with Gasteiger partial charge in [-0.3, -0.25) is 14.7 Å². The summed E-state index contributed by atoms with van der Waals surface area (Å²) in [6.07, 6.45) is 0. The Bertz CT molecular complexity index is 1000. The van der Waals surface area contributed by atoms with E-state index in [4.69, 9.17) is 11.6 Å². The van der Waals surface area contributed by atoms with Gasteiger partial charge in [0.25, 0.3) is 0 Å². The molecule has 0 saturated carbocycles. The number of nitrogens with zero attached hydrogens (tertiary/aromatic N) is 2. The Morgan fingerprint density at radius 2 is 1.88 bits per heavy atom. The second kappa shape index (κ2) is 7.21. The van der Waals surface area contributed by atoms with Crippen LogP contribution in [0.3, 0.4) is 0 Å². The monoisotopic (exact) mass is 390 g/mol. The molecule has 0 spiro atoms. The van der Waals surface area contributed by atoms with E-state index in [0.29, 0.717) is 22.0 Å². The quantitative estimate of drug-likeness (QED) is 0.804. The van der Waals surface area contributed by atoms with E-state index in [-0.39, 0.29) is 24.1 Å². The summed E-state index contributed by atoms with van der Waals surface area (Å²) in [4.78, 5) is 18.4. The molecule has 136 valence electrons. The molecule has 0 bridgehead atoms. The summed E-state index contributed by atoms with van der Waals surface area (Å²) < 4.78 is 24.3. The minimum absolute atomic E-state index is 0.0365. The number of amides is 1. The normalized spacial score (nSPS) is 14.7. The number of carbonyl (C=O) groups is 1. The van der Waals surface area contributed by atoms with E-state index < -0.39 is 9.84 Å². The second-order valence-corrected chi connectivity index (χ2v) is 8.88. The van der Waals surface area contributed by atoms with Crippen molar-refractivity contribution in [2.45, 2.75) is 13.8 Å². The minimum Gasteiger partial charge on any atom is -0.295 e. The zero-order chi connectivity index (χ0) is 18.9. The number of sulfone groups is 1. The van der Waals surface area contributed by atoms with Gasteiger partial charge in [-0.05, 0) is 30.7 Å². The fourth-order valence-electron chi connectivity index (χ4n) is 2.88. The van der Waals surface area contributed by atoms with Crippen molar-refractivity contribution in [2.75, 3.05) is 23.1 Å². The molecule has 1 aliphatic heterocycles. The average Bonchev–Trinajstić information content (AvgIpc) is 2.73. The van der Waals surface area contributed by atoms with Crippen molar-refractivity contribution >= 4 is 38.7 Å². The van der Waals surface area contributed by atoms with E-state index in [2.05, 4.69) is 4.99 Å². The van der Waals surface area contributed by atoms with E-state index >= 15 is 0 Å². The van der Waals surface area contributed by atoms with E-state index in [0.717, 1.165) is 11.1 Å². The van der Waals surface area contributed by atoms with Crippen LogP contribution in [0.25, 0.3) is 0 Å². The lowest BCUT2D eigenvalue weighted by Gasteiger charge is -2.23. The lowest BCUT2D eigenvalue weighted by atomic mass is 9.97. The third kappa shape index (κ3) is 3.66. The molecule has 0 aromatic heterocycles.